The summed E-state index contributed by atoms with van der Waals surface area (Å²) in [6.07, 6.45) is 8.85. The fourth-order valence-corrected chi connectivity index (χ4v) is 3.48. The number of ether oxygens (including phenoxy) is 2. The van der Waals surface area contributed by atoms with E-state index in [2.05, 4.69) is 16.5 Å². The molecule has 3 heterocycles. The molecule has 26 heavy (non-hydrogen) atoms. The predicted molar refractivity (Wildman–Crippen MR) is 93.8 cm³/mol. The van der Waals surface area contributed by atoms with Crippen LogP contribution in [0, 0.1) is 0 Å². The van der Waals surface area contributed by atoms with E-state index in [1.165, 1.54) is 12.8 Å². The molecule has 1 unspecified atom stereocenters. The second-order valence-electron chi connectivity index (χ2n) is 7.07. The van der Waals surface area contributed by atoms with E-state index in [0.29, 0.717) is 12.5 Å². The van der Waals surface area contributed by atoms with Gasteiger partial charge in [-0.25, -0.2) is 4.68 Å². The first-order chi connectivity index (χ1) is 12.8. The third kappa shape index (κ3) is 2.94. The minimum absolute atomic E-state index is 0.0210. The predicted octanol–water partition coefficient (Wildman–Crippen LogP) is 2.37. The molecule has 0 N–H and O–H groups in total. The number of likely N-dealkylation sites (tertiary alicyclic amines) is 1. The van der Waals surface area contributed by atoms with E-state index in [0.717, 1.165) is 35.7 Å². The Balaban J connectivity index is 1.22. The number of benzene rings is 1. The van der Waals surface area contributed by atoms with Crippen molar-refractivity contribution in [2.45, 2.75) is 31.2 Å². The first-order valence-electron chi connectivity index (χ1n) is 9.04. The molecule has 7 nitrogen and oxygen atoms in total. The highest BCUT2D eigenvalue weighted by atomic mass is 16.7. The van der Waals surface area contributed by atoms with Crippen LogP contribution in [0.2, 0.25) is 0 Å². The van der Waals surface area contributed by atoms with E-state index in [1.54, 1.807) is 6.08 Å². The summed E-state index contributed by atoms with van der Waals surface area (Å²) in [4.78, 5) is 14.4. The minimum Gasteiger partial charge on any atom is -0.454 e. The zero-order valence-corrected chi connectivity index (χ0v) is 14.4. The van der Waals surface area contributed by atoms with Crippen molar-refractivity contribution in [1.29, 1.82) is 0 Å². The number of amides is 1. The molecule has 5 rings (SSSR count). The van der Waals surface area contributed by atoms with E-state index in [4.69, 9.17) is 9.47 Å². The Morgan fingerprint density at radius 2 is 2.08 bits per heavy atom. The molecule has 1 aliphatic carbocycles. The molecule has 0 spiro atoms. The molecule has 1 atom stereocenters. The number of hydrogen-bond acceptors (Lipinski definition) is 5. The van der Waals surface area contributed by atoms with Gasteiger partial charge < -0.3 is 14.4 Å². The van der Waals surface area contributed by atoms with Gasteiger partial charge in [0.05, 0.1) is 11.7 Å². The molecular formula is C19H20N4O3. The highest BCUT2D eigenvalue weighted by Gasteiger charge is 2.30. The number of hydrogen-bond donors (Lipinski definition) is 0. The standard InChI is InChI=1S/C19H20N4O3/c24-19(6-2-13-1-5-17-18(9-13)26-12-25-17)22-8-7-15(10-22)23-11-16(20-21-23)14-3-4-14/h1-2,5-6,9,11,14-15H,3-4,7-8,10,12H2/b6-2+. The van der Waals surface area contributed by atoms with E-state index in [-0.39, 0.29) is 18.7 Å². The third-order valence-electron chi connectivity index (χ3n) is 5.19. The summed E-state index contributed by atoms with van der Waals surface area (Å²) in [5, 5.41) is 8.54. The fraction of sp³-hybridized carbons (Fsp3) is 0.421. The lowest BCUT2D eigenvalue weighted by molar-refractivity contribution is -0.125. The molecule has 0 bridgehead atoms. The van der Waals surface area contributed by atoms with Crippen molar-refractivity contribution in [3.8, 4) is 11.5 Å². The van der Waals surface area contributed by atoms with Crippen molar-refractivity contribution >= 4 is 12.0 Å². The molecule has 2 fully saturated rings. The van der Waals surface area contributed by atoms with Gasteiger partial charge in [0.1, 0.15) is 0 Å². The van der Waals surface area contributed by atoms with Gasteiger partial charge in [-0.05, 0) is 43.0 Å². The summed E-state index contributed by atoms with van der Waals surface area (Å²) in [7, 11) is 0. The van der Waals surface area contributed by atoms with Gasteiger partial charge in [0.25, 0.3) is 0 Å². The Kier molecular flexibility index (Phi) is 3.65. The maximum Gasteiger partial charge on any atom is 0.246 e. The lowest BCUT2D eigenvalue weighted by Crippen LogP contribution is -2.27. The van der Waals surface area contributed by atoms with Crippen molar-refractivity contribution in [2.75, 3.05) is 19.9 Å². The van der Waals surface area contributed by atoms with Crippen LogP contribution in [-0.2, 0) is 4.79 Å². The maximum absolute atomic E-state index is 12.5. The topological polar surface area (TPSA) is 69.5 Å². The Morgan fingerprint density at radius 3 is 2.96 bits per heavy atom. The first-order valence-corrected chi connectivity index (χ1v) is 9.04. The molecule has 7 heteroatoms. The number of fused-ring (bicyclic) bond motifs is 1. The van der Waals surface area contributed by atoms with Crippen molar-refractivity contribution in [3.63, 3.8) is 0 Å². The first kappa shape index (κ1) is 15.4. The molecule has 1 amide bonds. The van der Waals surface area contributed by atoms with Gasteiger partial charge in [-0.2, -0.15) is 0 Å². The molecule has 0 radical (unpaired) electrons. The summed E-state index contributed by atoms with van der Waals surface area (Å²) in [5.41, 5.74) is 2.01. The van der Waals surface area contributed by atoms with E-state index in [1.807, 2.05) is 33.9 Å². The zero-order chi connectivity index (χ0) is 17.5. The number of carbonyl (C=O) groups is 1. The summed E-state index contributed by atoms with van der Waals surface area (Å²) in [6, 6.07) is 5.88. The molecule has 2 aromatic rings. The van der Waals surface area contributed by atoms with Gasteiger partial charge in [0.15, 0.2) is 11.5 Å². The van der Waals surface area contributed by atoms with Crippen LogP contribution in [0.3, 0.4) is 0 Å². The van der Waals surface area contributed by atoms with Crippen LogP contribution in [0.25, 0.3) is 6.08 Å². The Hall–Kier alpha value is -2.83. The lowest BCUT2D eigenvalue weighted by atomic mass is 10.2. The third-order valence-corrected chi connectivity index (χ3v) is 5.19. The zero-order valence-electron chi connectivity index (χ0n) is 14.4. The van der Waals surface area contributed by atoms with Gasteiger partial charge >= 0.3 is 0 Å². The normalized spacial score (nSPS) is 21.7. The fourth-order valence-electron chi connectivity index (χ4n) is 3.48. The number of rotatable bonds is 4. The molecule has 1 saturated carbocycles. The van der Waals surface area contributed by atoms with Crippen LogP contribution in [-0.4, -0.2) is 45.7 Å². The van der Waals surface area contributed by atoms with E-state index in [9.17, 15) is 4.79 Å². The van der Waals surface area contributed by atoms with E-state index >= 15 is 0 Å². The number of nitrogens with zero attached hydrogens (tertiary/aromatic N) is 4. The second-order valence-corrected chi connectivity index (χ2v) is 7.07. The molecule has 1 aromatic carbocycles. The van der Waals surface area contributed by atoms with Gasteiger partial charge in [0, 0.05) is 31.3 Å². The van der Waals surface area contributed by atoms with Crippen molar-refractivity contribution in [1.82, 2.24) is 19.9 Å². The molecule has 134 valence electrons. The highest BCUT2D eigenvalue weighted by Crippen LogP contribution is 2.39. The SMILES string of the molecule is O=C(/C=C/c1ccc2c(c1)OCO2)N1CCC(n2cc(C3CC3)nn2)C1. The molecule has 2 aliphatic heterocycles. The minimum atomic E-state index is 0.0210. The molecular weight excluding hydrogens is 332 g/mol. The van der Waals surface area contributed by atoms with Crippen molar-refractivity contribution in [3.05, 3.63) is 41.7 Å². The molecule has 1 saturated heterocycles. The summed E-state index contributed by atoms with van der Waals surface area (Å²) in [6.45, 7) is 1.67. The number of aromatic nitrogens is 3. The monoisotopic (exact) mass is 352 g/mol. The average molecular weight is 352 g/mol. The van der Waals surface area contributed by atoms with Crippen LogP contribution in [0.5, 0.6) is 11.5 Å². The van der Waals surface area contributed by atoms with Crippen LogP contribution in [0.15, 0.2) is 30.5 Å². The Bertz CT molecular complexity index is 871. The second kappa shape index (κ2) is 6.16. The van der Waals surface area contributed by atoms with Gasteiger partial charge in [0.2, 0.25) is 12.7 Å². The highest BCUT2D eigenvalue weighted by molar-refractivity contribution is 5.92. The quantitative estimate of drug-likeness (QED) is 0.790. The van der Waals surface area contributed by atoms with Gasteiger partial charge in [-0.3, -0.25) is 4.79 Å². The Morgan fingerprint density at radius 1 is 1.19 bits per heavy atom. The summed E-state index contributed by atoms with van der Waals surface area (Å²) in [5.74, 6) is 2.09. The van der Waals surface area contributed by atoms with Crippen LogP contribution < -0.4 is 9.47 Å². The smallest absolute Gasteiger partial charge is 0.246 e. The summed E-state index contributed by atoms with van der Waals surface area (Å²) >= 11 is 0. The molecule has 1 aromatic heterocycles. The van der Waals surface area contributed by atoms with Gasteiger partial charge in [-0.15, -0.1) is 5.10 Å². The largest absolute Gasteiger partial charge is 0.454 e. The lowest BCUT2D eigenvalue weighted by Gasteiger charge is -2.14. The van der Waals surface area contributed by atoms with Crippen molar-refractivity contribution < 1.29 is 14.3 Å². The molecule has 3 aliphatic rings. The van der Waals surface area contributed by atoms with Crippen molar-refractivity contribution in [2.24, 2.45) is 0 Å². The van der Waals surface area contributed by atoms with Crippen LogP contribution in [0.4, 0.5) is 0 Å². The Labute approximate surface area is 151 Å². The maximum atomic E-state index is 12.5. The van der Waals surface area contributed by atoms with Gasteiger partial charge in [-0.1, -0.05) is 11.3 Å². The summed E-state index contributed by atoms with van der Waals surface area (Å²) < 4.78 is 12.6. The number of carbonyl (C=O) groups excluding carboxylic acids is 1. The van der Waals surface area contributed by atoms with Crippen LogP contribution >= 0.6 is 0 Å². The average Bonchev–Trinajstić information content (AvgIpc) is 3.09. The van der Waals surface area contributed by atoms with E-state index < -0.39 is 0 Å². The van der Waals surface area contributed by atoms with Crippen LogP contribution in [0.1, 0.15) is 42.5 Å².